The summed E-state index contributed by atoms with van der Waals surface area (Å²) in [6.45, 7) is 7.39. The number of nitrogens with zero attached hydrogens (tertiary/aromatic N) is 2. The zero-order chi connectivity index (χ0) is 16.4. The van der Waals surface area contributed by atoms with E-state index in [2.05, 4.69) is 20.5 Å². The Morgan fingerprint density at radius 3 is 2.64 bits per heavy atom. The van der Waals surface area contributed by atoms with Crippen molar-refractivity contribution < 1.29 is 14.7 Å². The highest BCUT2D eigenvalue weighted by Gasteiger charge is 2.24. The number of hydrogen-bond donors (Lipinski definition) is 3. The van der Waals surface area contributed by atoms with E-state index in [1.807, 2.05) is 13.8 Å². The van der Waals surface area contributed by atoms with Crippen LogP contribution in [0.4, 0.5) is 0 Å². The minimum atomic E-state index is -1.03. The summed E-state index contributed by atoms with van der Waals surface area (Å²) in [4.78, 5) is 28.1. The van der Waals surface area contributed by atoms with E-state index in [-0.39, 0.29) is 5.92 Å². The third-order valence-corrected chi connectivity index (χ3v) is 3.39. The van der Waals surface area contributed by atoms with E-state index in [9.17, 15) is 14.7 Å². The van der Waals surface area contributed by atoms with Gasteiger partial charge in [0.25, 0.3) is 5.91 Å². The molecule has 2 rings (SSSR count). The number of aromatic nitrogens is 3. The van der Waals surface area contributed by atoms with E-state index in [0.717, 1.165) is 5.69 Å². The Bertz CT molecular complexity index is 721. The molecule has 1 atom stereocenters. The van der Waals surface area contributed by atoms with E-state index >= 15 is 0 Å². The smallest absolute Gasteiger partial charge is 0.326 e. The lowest BCUT2D eigenvalue weighted by molar-refractivity contribution is -0.139. The van der Waals surface area contributed by atoms with Gasteiger partial charge in [-0.25, -0.2) is 9.78 Å². The van der Waals surface area contributed by atoms with Gasteiger partial charge in [0.15, 0.2) is 5.65 Å². The van der Waals surface area contributed by atoms with Crippen LogP contribution in [0, 0.1) is 19.8 Å². The topological polar surface area (TPSA) is 108 Å². The molecule has 0 aromatic carbocycles. The van der Waals surface area contributed by atoms with Crippen LogP contribution in [0.15, 0.2) is 6.07 Å². The normalized spacial score (nSPS) is 12.6. The average Bonchev–Trinajstić information content (AvgIpc) is 2.77. The number of rotatable bonds is 5. The first kappa shape index (κ1) is 15.9. The van der Waals surface area contributed by atoms with Crippen LogP contribution in [0.25, 0.3) is 11.0 Å². The summed E-state index contributed by atoms with van der Waals surface area (Å²) in [5.74, 6) is -1.29. The first-order valence-corrected chi connectivity index (χ1v) is 7.15. The molecule has 2 heterocycles. The van der Waals surface area contributed by atoms with Gasteiger partial charge < -0.3 is 10.4 Å². The molecule has 118 valence electrons. The first-order chi connectivity index (χ1) is 10.3. The Hall–Kier alpha value is -2.44. The average molecular weight is 304 g/mol. The van der Waals surface area contributed by atoms with Crippen LogP contribution in [-0.4, -0.2) is 38.2 Å². The number of aromatic amines is 1. The molecule has 2 aromatic heterocycles. The largest absolute Gasteiger partial charge is 0.480 e. The monoisotopic (exact) mass is 304 g/mol. The van der Waals surface area contributed by atoms with Crippen LogP contribution in [-0.2, 0) is 4.79 Å². The molecular weight excluding hydrogens is 284 g/mol. The summed E-state index contributed by atoms with van der Waals surface area (Å²) in [5, 5.41) is 19.3. The number of carboxylic acids is 1. The molecule has 3 N–H and O–H groups in total. The molecule has 0 spiro atoms. The Balaban J connectivity index is 2.36. The number of aryl methyl sites for hydroxylation is 2. The zero-order valence-electron chi connectivity index (χ0n) is 13.1. The fourth-order valence-electron chi connectivity index (χ4n) is 2.41. The van der Waals surface area contributed by atoms with Crippen molar-refractivity contribution >= 4 is 22.9 Å². The number of pyridine rings is 1. The number of carbonyl (C=O) groups is 2. The third kappa shape index (κ3) is 3.24. The van der Waals surface area contributed by atoms with Crippen molar-refractivity contribution in [1.29, 1.82) is 0 Å². The fraction of sp³-hybridized carbons (Fsp3) is 0.467. The van der Waals surface area contributed by atoms with Crippen LogP contribution >= 0.6 is 0 Å². The first-order valence-electron chi connectivity index (χ1n) is 7.15. The quantitative estimate of drug-likeness (QED) is 0.780. The highest BCUT2D eigenvalue weighted by atomic mass is 16.4. The van der Waals surface area contributed by atoms with E-state index in [1.54, 1.807) is 19.9 Å². The van der Waals surface area contributed by atoms with Crippen molar-refractivity contribution in [2.24, 2.45) is 5.92 Å². The van der Waals surface area contributed by atoms with E-state index in [4.69, 9.17) is 0 Å². The fourth-order valence-corrected chi connectivity index (χ4v) is 2.41. The molecule has 0 saturated heterocycles. The molecule has 0 unspecified atom stereocenters. The van der Waals surface area contributed by atoms with Gasteiger partial charge >= 0.3 is 5.97 Å². The van der Waals surface area contributed by atoms with Gasteiger partial charge in [-0.2, -0.15) is 5.10 Å². The molecule has 0 saturated carbocycles. The number of carbonyl (C=O) groups excluding carboxylic acids is 1. The van der Waals surface area contributed by atoms with Crippen molar-refractivity contribution in [3.05, 3.63) is 23.0 Å². The van der Waals surface area contributed by atoms with Crippen LogP contribution in [0.3, 0.4) is 0 Å². The molecule has 22 heavy (non-hydrogen) atoms. The Morgan fingerprint density at radius 1 is 1.36 bits per heavy atom. The van der Waals surface area contributed by atoms with E-state index in [0.29, 0.717) is 28.7 Å². The minimum Gasteiger partial charge on any atom is -0.480 e. The van der Waals surface area contributed by atoms with Gasteiger partial charge in [-0.1, -0.05) is 13.8 Å². The SMILES string of the molecule is Cc1cc(C(=O)N[C@@H](CC(C)C)C(=O)O)c2c(C)[nH]nc2n1. The molecule has 0 aliphatic rings. The predicted octanol–water partition coefficient (Wildman–Crippen LogP) is 1.80. The second-order valence-corrected chi connectivity index (χ2v) is 5.85. The standard InChI is InChI=1S/C15H20N4O3/c1-7(2)5-11(15(21)22)17-14(20)10-6-8(3)16-13-12(10)9(4)18-19-13/h6-7,11H,5H2,1-4H3,(H,17,20)(H,21,22)(H,16,18,19)/t11-/m0/s1. The highest BCUT2D eigenvalue weighted by Crippen LogP contribution is 2.20. The van der Waals surface area contributed by atoms with Crippen LogP contribution in [0.2, 0.25) is 0 Å². The molecular formula is C15H20N4O3. The second kappa shape index (κ2) is 6.13. The Kier molecular flexibility index (Phi) is 4.44. The van der Waals surface area contributed by atoms with Crippen LogP contribution < -0.4 is 5.32 Å². The summed E-state index contributed by atoms with van der Waals surface area (Å²) < 4.78 is 0. The van der Waals surface area contributed by atoms with Gasteiger partial charge in [-0.15, -0.1) is 0 Å². The maximum Gasteiger partial charge on any atom is 0.326 e. The molecule has 0 bridgehead atoms. The molecule has 2 aromatic rings. The predicted molar refractivity (Wildman–Crippen MR) is 81.7 cm³/mol. The lowest BCUT2D eigenvalue weighted by Gasteiger charge is -2.17. The van der Waals surface area contributed by atoms with Crippen molar-refractivity contribution in [2.45, 2.75) is 40.2 Å². The summed E-state index contributed by atoms with van der Waals surface area (Å²) in [7, 11) is 0. The van der Waals surface area contributed by atoms with E-state index < -0.39 is 17.9 Å². The Morgan fingerprint density at radius 2 is 2.05 bits per heavy atom. The maximum atomic E-state index is 12.5. The lowest BCUT2D eigenvalue weighted by atomic mass is 10.0. The summed E-state index contributed by atoms with van der Waals surface area (Å²) >= 11 is 0. The highest BCUT2D eigenvalue weighted by molar-refractivity contribution is 6.07. The molecule has 0 aliphatic carbocycles. The third-order valence-electron chi connectivity index (χ3n) is 3.39. The van der Waals surface area contributed by atoms with Gasteiger partial charge in [-0.3, -0.25) is 9.89 Å². The van der Waals surface area contributed by atoms with Crippen molar-refractivity contribution in [3.63, 3.8) is 0 Å². The molecule has 0 fully saturated rings. The Labute approximate surface area is 128 Å². The van der Waals surface area contributed by atoms with Gasteiger partial charge in [0.1, 0.15) is 6.04 Å². The maximum absolute atomic E-state index is 12.5. The van der Waals surface area contributed by atoms with Gasteiger partial charge in [0.2, 0.25) is 0 Å². The summed E-state index contributed by atoms with van der Waals surface area (Å²) in [5.41, 5.74) is 2.23. The number of H-pyrrole nitrogens is 1. The van der Waals surface area contributed by atoms with Crippen molar-refractivity contribution in [3.8, 4) is 0 Å². The summed E-state index contributed by atoms with van der Waals surface area (Å²) in [6, 6.07) is 0.734. The second-order valence-electron chi connectivity index (χ2n) is 5.85. The number of hydrogen-bond acceptors (Lipinski definition) is 4. The number of nitrogens with one attached hydrogen (secondary N) is 2. The molecule has 7 heteroatoms. The summed E-state index contributed by atoms with van der Waals surface area (Å²) in [6.07, 6.45) is 0.374. The van der Waals surface area contributed by atoms with Crippen LogP contribution in [0.5, 0.6) is 0 Å². The van der Waals surface area contributed by atoms with Crippen molar-refractivity contribution in [1.82, 2.24) is 20.5 Å². The number of aliphatic carboxylic acids is 1. The van der Waals surface area contributed by atoms with Gasteiger partial charge in [0.05, 0.1) is 10.9 Å². The lowest BCUT2D eigenvalue weighted by Crippen LogP contribution is -2.41. The minimum absolute atomic E-state index is 0.163. The molecule has 0 radical (unpaired) electrons. The van der Waals surface area contributed by atoms with Gasteiger partial charge in [-0.05, 0) is 32.3 Å². The van der Waals surface area contributed by atoms with E-state index in [1.165, 1.54) is 0 Å². The molecule has 1 amide bonds. The number of fused-ring (bicyclic) bond motifs is 1. The number of carboxylic acid groups (broad SMARTS) is 1. The molecule has 0 aliphatic heterocycles. The molecule has 7 nitrogen and oxygen atoms in total. The zero-order valence-corrected chi connectivity index (χ0v) is 13.1. The van der Waals surface area contributed by atoms with Crippen LogP contribution in [0.1, 0.15) is 42.0 Å². The van der Waals surface area contributed by atoms with Gasteiger partial charge in [0, 0.05) is 11.4 Å². The van der Waals surface area contributed by atoms with Crippen molar-refractivity contribution in [2.75, 3.05) is 0 Å². The number of amides is 1.